The van der Waals surface area contributed by atoms with Gasteiger partial charge < -0.3 is 10.0 Å². The van der Waals surface area contributed by atoms with Gasteiger partial charge in [0.1, 0.15) is 11.6 Å². The molecule has 0 radical (unpaired) electrons. The molecule has 3 atom stereocenters. The van der Waals surface area contributed by atoms with Gasteiger partial charge in [-0.15, -0.1) is 10.2 Å². The maximum Gasteiger partial charge on any atom is 0.309 e. The van der Waals surface area contributed by atoms with Gasteiger partial charge in [-0.2, -0.15) is 0 Å². The molecule has 8 heteroatoms. The van der Waals surface area contributed by atoms with Crippen LogP contribution < -0.4 is 4.90 Å². The van der Waals surface area contributed by atoms with E-state index in [0.717, 1.165) is 12.1 Å². The highest BCUT2D eigenvalue weighted by atomic mass is 35.5. The van der Waals surface area contributed by atoms with Crippen LogP contribution in [-0.4, -0.2) is 33.9 Å². The normalized spacial score (nSPS) is 23.5. The van der Waals surface area contributed by atoms with Crippen molar-refractivity contribution < 1.29 is 18.7 Å². The van der Waals surface area contributed by atoms with E-state index < -0.39 is 35.5 Å². The Morgan fingerprint density at radius 2 is 2.04 bits per heavy atom. The van der Waals surface area contributed by atoms with Crippen molar-refractivity contribution >= 4 is 23.4 Å². The van der Waals surface area contributed by atoms with Gasteiger partial charge >= 0.3 is 5.97 Å². The number of anilines is 1. The molecule has 0 amide bonds. The molecular formula is C16H14ClF2N3O2. The van der Waals surface area contributed by atoms with E-state index in [2.05, 4.69) is 10.2 Å². The lowest BCUT2D eigenvalue weighted by Gasteiger charge is -2.23. The van der Waals surface area contributed by atoms with Crippen molar-refractivity contribution in [2.75, 3.05) is 11.4 Å². The Kier molecular flexibility index (Phi) is 4.36. The summed E-state index contributed by atoms with van der Waals surface area (Å²) in [4.78, 5) is 13.5. The summed E-state index contributed by atoms with van der Waals surface area (Å²) in [6, 6.07) is 5.95. The van der Waals surface area contributed by atoms with Gasteiger partial charge in [0.05, 0.1) is 5.92 Å². The quantitative estimate of drug-likeness (QED) is 0.918. The molecule has 24 heavy (non-hydrogen) atoms. The molecule has 0 saturated carbocycles. The highest BCUT2D eigenvalue weighted by Gasteiger charge is 2.45. The van der Waals surface area contributed by atoms with Crippen molar-refractivity contribution in [1.29, 1.82) is 0 Å². The zero-order valence-electron chi connectivity index (χ0n) is 12.7. The molecule has 1 unspecified atom stereocenters. The smallest absolute Gasteiger partial charge is 0.309 e. The molecule has 5 nitrogen and oxygen atoms in total. The molecule has 1 aliphatic rings. The fraction of sp³-hybridized carbons (Fsp3) is 0.312. The number of carboxylic acid groups (broad SMARTS) is 1. The number of benzene rings is 1. The second-order valence-corrected chi connectivity index (χ2v) is 6.13. The highest BCUT2D eigenvalue weighted by Crippen LogP contribution is 2.40. The lowest BCUT2D eigenvalue weighted by molar-refractivity contribution is -0.142. The number of carbonyl (C=O) groups is 1. The van der Waals surface area contributed by atoms with Crippen LogP contribution in [0.15, 0.2) is 30.3 Å². The van der Waals surface area contributed by atoms with Crippen molar-refractivity contribution in [1.82, 2.24) is 10.2 Å². The molecule has 1 N–H and O–H groups in total. The largest absolute Gasteiger partial charge is 0.481 e. The third-order valence-electron chi connectivity index (χ3n) is 4.40. The maximum atomic E-state index is 14.2. The van der Waals surface area contributed by atoms with Gasteiger partial charge in [-0.1, -0.05) is 17.7 Å². The first kappa shape index (κ1) is 16.6. The monoisotopic (exact) mass is 353 g/mol. The number of halogens is 3. The molecule has 2 heterocycles. The number of aliphatic carboxylic acids is 1. The molecule has 0 bridgehead atoms. The average Bonchev–Trinajstić information content (AvgIpc) is 2.85. The summed E-state index contributed by atoms with van der Waals surface area (Å²) in [6.07, 6.45) is 0. The second-order valence-electron chi connectivity index (χ2n) is 5.74. The van der Waals surface area contributed by atoms with Crippen LogP contribution in [0.25, 0.3) is 0 Å². The number of aromatic nitrogens is 2. The molecule has 0 aliphatic carbocycles. The lowest BCUT2D eigenvalue weighted by atomic mass is 9.85. The van der Waals surface area contributed by atoms with Crippen molar-refractivity contribution in [3.63, 3.8) is 0 Å². The Labute approximate surface area is 141 Å². The molecule has 1 aliphatic heterocycles. The molecule has 1 saturated heterocycles. The second kappa shape index (κ2) is 6.32. The van der Waals surface area contributed by atoms with Gasteiger partial charge in [-0.05, 0) is 30.7 Å². The fourth-order valence-corrected chi connectivity index (χ4v) is 3.36. The third-order valence-corrected chi connectivity index (χ3v) is 4.60. The van der Waals surface area contributed by atoms with Crippen LogP contribution in [-0.2, 0) is 4.79 Å². The summed E-state index contributed by atoms with van der Waals surface area (Å²) in [6.45, 7) is 1.97. The van der Waals surface area contributed by atoms with Crippen LogP contribution in [0.4, 0.5) is 14.6 Å². The molecule has 1 aromatic carbocycles. The van der Waals surface area contributed by atoms with E-state index in [9.17, 15) is 18.7 Å². The van der Waals surface area contributed by atoms with Gasteiger partial charge in [0.25, 0.3) is 0 Å². The first-order valence-electron chi connectivity index (χ1n) is 7.32. The lowest BCUT2D eigenvalue weighted by Crippen LogP contribution is -2.33. The summed E-state index contributed by atoms with van der Waals surface area (Å²) >= 11 is 5.72. The fourth-order valence-electron chi connectivity index (χ4n) is 3.26. The van der Waals surface area contributed by atoms with E-state index >= 15 is 0 Å². The van der Waals surface area contributed by atoms with E-state index in [-0.39, 0.29) is 17.3 Å². The number of hydrogen-bond acceptors (Lipinski definition) is 4. The molecule has 1 aromatic heterocycles. The van der Waals surface area contributed by atoms with Gasteiger partial charge in [0, 0.05) is 24.6 Å². The number of nitrogens with zero attached hydrogens (tertiary/aromatic N) is 3. The van der Waals surface area contributed by atoms with Gasteiger partial charge in [-0.3, -0.25) is 4.79 Å². The predicted octanol–water partition coefficient (Wildman–Crippen LogP) is 3.10. The van der Waals surface area contributed by atoms with Gasteiger partial charge in [0.15, 0.2) is 11.0 Å². The number of hydrogen-bond donors (Lipinski definition) is 1. The molecule has 0 spiro atoms. The Bertz CT molecular complexity index is 772. The predicted molar refractivity (Wildman–Crippen MR) is 84.1 cm³/mol. The molecule has 1 fully saturated rings. The summed E-state index contributed by atoms with van der Waals surface area (Å²) in [5.74, 6) is -3.51. The summed E-state index contributed by atoms with van der Waals surface area (Å²) in [5.41, 5.74) is 0.181. The van der Waals surface area contributed by atoms with Crippen LogP contribution in [0.5, 0.6) is 0 Å². The molecular weight excluding hydrogens is 340 g/mol. The van der Waals surface area contributed by atoms with Crippen LogP contribution in [0.3, 0.4) is 0 Å². The zero-order valence-corrected chi connectivity index (χ0v) is 13.4. The Hall–Kier alpha value is -2.28. The first-order valence-corrected chi connectivity index (χ1v) is 7.70. The van der Waals surface area contributed by atoms with Gasteiger partial charge in [-0.25, -0.2) is 8.78 Å². The number of carboxylic acids is 1. The van der Waals surface area contributed by atoms with Crippen molar-refractivity contribution in [2.24, 2.45) is 5.92 Å². The first-order chi connectivity index (χ1) is 11.4. The highest BCUT2D eigenvalue weighted by molar-refractivity contribution is 6.29. The Morgan fingerprint density at radius 3 is 2.62 bits per heavy atom. The maximum absolute atomic E-state index is 14.2. The summed E-state index contributed by atoms with van der Waals surface area (Å²) in [7, 11) is 0. The molecule has 3 rings (SSSR count). The summed E-state index contributed by atoms with van der Waals surface area (Å²) < 4.78 is 27.3. The standard InChI is InChI=1S/C16H14ClF2N3O2/c1-8-15(16(23)24)11(10-3-2-9(18)6-12(10)19)7-22(8)14-5-4-13(17)20-21-14/h2-6,8,11,15H,7H2,1H3,(H,23,24)/t8?,11-,15+/m0/s1. The summed E-state index contributed by atoms with van der Waals surface area (Å²) in [5, 5.41) is 17.5. The van der Waals surface area contributed by atoms with Gasteiger partial charge in [0.2, 0.25) is 0 Å². The molecule has 126 valence electrons. The Balaban J connectivity index is 1.99. The topological polar surface area (TPSA) is 66.3 Å². The zero-order chi connectivity index (χ0) is 17.4. The minimum atomic E-state index is -1.04. The minimum absolute atomic E-state index is 0.181. The average molecular weight is 354 g/mol. The van der Waals surface area contributed by atoms with E-state index in [1.807, 2.05) is 0 Å². The van der Waals surface area contributed by atoms with E-state index in [1.54, 1.807) is 24.0 Å². The minimum Gasteiger partial charge on any atom is -0.481 e. The Morgan fingerprint density at radius 1 is 1.29 bits per heavy atom. The SMILES string of the molecule is CC1[C@@H](C(=O)O)[C@H](c2ccc(F)cc2F)CN1c1ccc(Cl)nn1. The van der Waals surface area contributed by atoms with Crippen LogP contribution >= 0.6 is 11.6 Å². The third kappa shape index (κ3) is 2.91. The van der Waals surface area contributed by atoms with Crippen molar-refractivity contribution in [3.05, 3.63) is 52.7 Å². The van der Waals surface area contributed by atoms with E-state index in [1.165, 1.54) is 6.07 Å². The van der Waals surface area contributed by atoms with Crippen LogP contribution in [0.1, 0.15) is 18.4 Å². The van der Waals surface area contributed by atoms with Crippen LogP contribution in [0.2, 0.25) is 5.15 Å². The van der Waals surface area contributed by atoms with Crippen molar-refractivity contribution in [3.8, 4) is 0 Å². The number of rotatable bonds is 3. The molecule has 2 aromatic rings. The van der Waals surface area contributed by atoms with E-state index in [4.69, 9.17) is 11.6 Å². The van der Waals surface area contributed by atoms with Crippen LogP contribution in [0, 0.1) is 17.6 Å². The van der Waals surface area contributed by atoms with Crippen molar-refractivity contribution in [2.45, 2.75) is 18.9 Å². The van der Waals surface area contributed by atoms with E-state index in [0.29, 0.717) is 5.82 Å².